The maximum atomic E-state index is 11.4. The number of carboxylic acids is 1. The molecule has 1 atom stereocenters. The highest BCUT2D eigenvalue weighted by atomic mass is 32.1. The lowest BCUT2D eigenvalue weighted by Gasteiger charge is -2.12. The Morgan fingerprint density at radius 1 is 1.56 bits per heavy atom. The van der Waals surface area contributed by atoms with Crippen molar-refractivity contribution < 1.29 is 14.7 Å². The van der Waals surface area contributed by atoms with E-state index in [1.165, 1.54) is 0 Å². The third-order valence-electron chi connectivity index (χ3n) is 2.34. The molecule has 0 aliphatic heterocycles. The van der Waals surface area contributed by atoms with Gasteiger partial charge in [-0.15, -0.1) is 11.3 Å². The Morgan fingerprint density at radius 2 is 2.28 bits per heavy atom. The van der Waals surface area contributed by atoms with E-state index in [2.05, 4.69) is 15.6 Å². The molecule has 0 aromatic carbocycles. The van der Waals surface area contributed by atoms with Gasteiger partial charge >= 0.3 is 12.0 Å². The Balaban J connectivity index is 2.26. The molecule has 3 N–H and O–H groups in total. The molecule has 2 amide bonds. The van der Waals surface area contributed by atoms with E-state index in [4.69, 9.17) is 5.11 Å². The number of aromatic nitrogens is 1. The summed E-state index contributed by atoms with van der Waals surface area (Å²) in [6.45, 7) is 4.06. The molecule has 0 spiro atoms. The van der Waals surface area contributed by atoms with Crippen LogP contribution in [0.2, 0.25) is 0 Å². The highest BCUT2D eigenvalue weighted by Crippen LogP contribution is 2.07. The molecule has 0 bridgehead atoms. The van der Waals surface area contributed by atoms with Crippen LogP contribution in [0, 0.1) is 6.92 Å². The number of nitrogens with zero attached hydrogens (tertiary/aromatic N) is 1. The van der Waals surface area contributed by atoms with Crippen LogP contribution in [0.1, 0.15) is 24.0 Å². The maximum absolute atomic E-state index is 11.4. The first-order chi connectivity index (χ1) is 8.52. The minimum absolute atomic E-state index is 0.355. The Kier molecular flexibility index (Phi) is 5.57. The molecule has 100 valence electrons. The van der Waals surface area contributed by atoms with E-state index < -0.39 is 18.0 Å². The number of carboxylic acid groups (broad SMARTS) is 1. The first kappa shape index (κ1) is 14.4. The lowest BCUT2D eigenvalue weighted by Crippen LogP contribution is -2.46. The van der Waals surface area contributed by atoms with E-state index in [0.717, 1.165) is 10.7 Å². The minimum Gasteiger partial charge on any atom is -0.480 e. The van der Waals surface area contributed by atoms with Crippen molar-refractivity contribution in [3.05, 3.63) is 16.1 Å². The van der Waals surface area contributed by atoms with Crippen LogP contribution in [0.5, 0.6) is 0 Å². The lowest BCUT2D eigenvalue weighted by molar-refractivity contribution is -0.139. The zero-order valence-corrected chi connectivity index (χ0v) is 11.2. The molecule has 18 heavy (non-hydrogen) atoms. The number of aliphatic carboxylic acids is 1. The number of aryl methyl sites for hydroxylation is 1. The number of rotatable bonds is 6. The van der Waals surface area contributed by atoms with Crippen molar-refractivity contribution >= 4 is 23.3 Å². The Morgan fingerprint density at radius 3 is 2.78 bits per heavy atom. The van der Waals surface area contributed by atoms with E-state index >= 15 is 0 Å². The van der Waals surface area contributed by atoms with Crippen molar-refractivity contribution in [1.29, 1.82) is 0 Å². The maximum Gasteiger partial charge on any atom is 0.326 e. The molecular formula is C11H17N3O3S. The predicted molar refractivity (Wildman–Crippen MR) is 68.8 cm³/mol. The second-order valence-corrected chi connectivity index (χ2v) is 4.87. The molecule has 0 fully saturated rings. The van der Waals surface area contributed by atoms with Crippen LogP contribution in [-0.4, -0.2) is 34.7 Å². The number of nitrogens with one attached hydrogen (secondary N) is 2. The molecule has 0 saturated carbocycles. The summed E-state index contributed by atoms with van der Waals surface area (Å²) in [7, 11) is 0. The van der Waals surface area contributed by atoms with Crippen LogP contribution >= 0.6 is 11.3 Å². The number of thiazole rings is 1. The van der Waals surface area contributed by atoms with Gasteiger partial charge in [-0.2, -0.15) is 0 Å². The summed E-state index contributed by atoms with van der Waals surface area (Å²) in [6, 6.07) is -1.30. The molecule has 0 saturated heterocycles. The summed E-state index contributed by atoms with van der Waals surface area (Å²) in [5.41, 5.74) is 0.933. The summed E-state index contributed by atoms with van der Waals surface area (Å²) in [5.74, 6) is -1.03. The van der Waals surface area contributed by atoms with E-state index in [1.807, 2.05) is 12.3 Å². The fourth-order valence-corrected chi connectivity index (χ4v) is 2.02. The van der Waals surface area contributed by atoms with Crippen LogP contribution in [0.3, 0.4) is 0 Å². The van der Waals surface area contributed by atoms with Crippen molar-refractivity contribution in [3.8, 4) is 0 Å². The van der Waals surface area contributed by atoms with Gasteiger partial charge in [-0.3, -0.25) is 0 Å². The first-order valence-electron chi connectivity index (χ1n) is 5.71. The van der Waals surface area contributed by atoms with Gasteiger partial charge in [0.05, 0.1) is 10.7 Å². The smallest absolute Gasteiger partial charge is 0.326 e. The number of hydrogen-bond donors (Lipinski definition) is 3. The molecule has 1 aromatic rings. The molecule has 1 aromatic heterocycles. The Bertz CT molecular complexity index is 419. The standard InChI is InChI=1S/C11H17N3O3S/c1-3-9(10(15)16)14-11(17)12-5-4-8-6-18-7(2)13-8/h6,9H,3-5H2,1-2H3,(H,15,16)(H2,12,14,17)/t9-/m1/s1. The second kappa shape index (κ2) is 6.95. The fraction of sp³-hybridized carbons (Fsp3) is 0.545. The van der Waals surface area contributed by atoms with Gasteiger partial charge in [0.2, 0.25) is 0 Å². The number of amides is 2. The van der Waals surface area contributed by atoms with Gasteiger partial charge in [-0.25, -0.2) is 14.6 Å². The van der Waals surface area contributed by atoms with E-state index in [0.29, 0.717) is 19.4 Å². The molecule has 7 heteroatoms. The molecule has 6 nitrogen and oxygen atoms in total. The summed E-state index contributed by atoms with van der Waals surface area (Å²) in [6.07, 6.45) is 0.996. The van der Waals surface area contributed by atoms with Crippen LogP contribution in [-0.2, 0) is 11.2 Å². The molecule has 0 unspecified atom stereocenters. The largest absolute Gasteiger partial charge is 0.480 e. The fourth-order valence-electron chi connectivity index (χ4n) is 1.37. The normalized spacial score (nSPS) is 11.9. The van der Waals surface area contributed by atoms with Gasteiger partial charge < -0.3 is 15.7 Å². The monoisotopic (exact) mass is 271 g/mol. The van der Waals surface area contributed by atoms with Crippen LogP contribution in [0.15, 0.2) is 5.38 Å². The van der Waals surface area contributed by atoms with Crippen molar-refractivity contribution in [2.24, 2.45) is 0 Å². The lowest BCUT2D eigenvalue weighted by atomic mass is 10.2. The molecule has 1 heterocycles. The van der Waals surface area contributed by atoms with Gasteiger partial charge in [0.25, 0.3) is 0 Å². The van der Waals surface area contributed by atoms with Crippen LogP contribution in [0.4, 0.5) is 4.79 Å². The SMILES string of the molecule is CC[C@@H](NC(=O)NCCc1csc(C)n1)C(=O)O. The summed E-state index contributed by atoms with van der Waals surface area (Å²) >= 11 is 1.56. The molecule has 1 rings (SSSR count). The number of urea groups is 1. The number of hydrogen-bond acceptors (Lipinski definition) is 4. The second-order valence-electron chi connectivity index (χ2n) is 3.81. The van der Waals surface area contributed by atoms with Crippen molar-refractivity contribution in [1.82, 2.24) is 15.6 Å². The molecular weight excluding hydrogens is 254 g/mol. The highest BCUT2D eigenvalue weighted by molar-refractivity contribution is 7.09. The number of carbonyl (C=O) groups is 2. The summed E-state index contributed by atoms with van der Waals surface area (Å²) < 4.78 is 0. The minimum atomic E-state index is -1.03. The van der Waals surface area contributed by atoms with Gasteiger partial charge in [-0.05, 0) is 13.3 Å². The Labute approximate surface area is 109 Å². The van der Waals surface area contributed by atoms with E-state index in [1.54, 1.807) is 18.3 Å². The third kappa shape index (κ3) is 4.70. The van der Waals surface area contributed by atoms with Gasteiger partial charge in [-0.1, -0.05) is 6.92 Å². The topological polar surface area (TPSA) is 91.3 Å². The first-order valence-corrected chi connectivity index (χ1v) is 6.59. The average Bonchev–Trinajstić information content (AvgIpc) is 2.71. The van der Waals surface area contributed by atoms with Gasteiger partial charge in [0.15, 0.2) is 0 Å². The van der Waals surface area contributed by atoms with E-state index in [9.17, 15) is 9.59 Å². The zero-order valence-electron chi connectivity index (χ0n) is 10.4. The summed E-state index contributed by atoms with van der Waals surface area (Å²) in [4.78, 5) is 26.4. The molecule has 0 aliphatic rings. The quantitative estimate of drug-likeness (QED) is 0.724. The number of carbonyl (C=O) groups excluding carboxylic acids is 1. The summed E-state index contributed by atoms with van der Waals surface area (Å²) in [5, 5.41) is 16.7. The zero-order chi connectivity index (χ0) is 13.5. The van der Waals surface area contributed by atoms with Crippen LogP contribution < -0.4 is 10.6 Å². The average molecular weight is 271 g/mol. The van der Waals surface area contributed by atoms with Crippen LogP contribution in [0.25, 0.3) is 0 Å². The van der Waals surface area contributed by atoms with Crippen molar-refractivity contribution in [2.45, 2.75) is 32.7 Å². The molecule has 0 radical (unpaired) electrons. The van der Waals surface area contributed by atoms with Crippen molar-refractivity contribution in [2.75, 3.05) is 6.54 Å². The van der Waals surface area contributed by atoms with Gasteiger partial charge in [0, 0.05) is 18.3 Å². The van der Waals surface area contributed by atoms with Gasteiger partial charge in [0.1, 0.15) is 6.04 Å². The predicted octanol–water partition coefficient (Wildman–Crippen LogP) is 1.16. The highest BCUT2D eigenvalue weighted by Gasteiger charge is 2.16. The van der Waals surface area contributed by atoms with E-state index in [-0.39, 0.29) is 0 Å². The molecule has 0 aliphatic carbocycles. The third-order valence-corrected chi connectivity index (χ3v) is 3.17. The Hall–Kier alpha value is -1.63. The van der Waals surface area contributed by atoms with Crippen molar-refractivity contribution in [3.63, 3.8) is 0 Å².